The molecule has 0 saturated heterocycles. The fraction of sp³-hybridized carbons (Fsp3) is 0.875. The van der Waals surface area contributed by atoms with Crippen LogP contribution in [-0.2, 0) is 4.79 Å². The number of hydrogen-bond donors (Lipinski definition) is 3. The van der Waals surface area contributed by atoms with Crippen molar-refractivity contribution in [1.29, 1.82) is 0 Å². The number of rotatable bonds is 2. The van der Waals surface area contributed by atoms with Crippen LogP contribution in [0, 0.1) is 0 Å². The van der Waals surface area contributed by atoms with E-state index in [4.69, 9.17) is 10.8 Å². The Morgan fingerprint density at radius 1 is 1.42 bits per heavy atom. The number of nitrogens with two attached hydrogens (primary N) is 1. The molecule has 4 nitrogen and oxygen atoms in total. The van der Waals surface area contributed by atoms with Gasteiger partial charge in [-0.05, 0) is 25.7 Å². The molecule has 1 aliphatic rings. The summed E-state index contributed by atoms with van der Waals surface area (Å²) in [5, 5.41) is 11.2. The van der Waals surface area contributed by atoms with Gasteiger partial charge in [0.2, 0.25) is 5.91 Å². The second-order valence-electron chi connectivity index (χ2n) is 3.34. The van der Waals surface area contributed by atoms with Crippen molar-refractivity contribution in [1.82, 2.24) is 5.32 Å². The maximum Gasteiger partial charge on any atom is 0.245 e. The molecule has 0 unspecified atom stereocenters. The van der Waals surface area contributed by atoms with Crippen molar-refractivity contribution in [2.75, 3.05) is 6.61 Å². The molecule has 12 heavy (non-hydrogen) atoms. The summed E-state index contributed by atoms with van der Waals surface area (Å²) in [5.41, 5.74) is 5.70. The fourth-order valence-corrected chi connectivity index (χ4v) is 1.54. The molecule has 1 fully saturated rings. The molecule has 4 N–H and O–H groups in total. The van der Waals surface area contributed by atoms with E-state index < -0.39 is 6.61 Å². The zero-order valence-electron chi connectivity index (χ0n) is 7.12. The molecular formula is C8H16N2O2. The Balaban J connectivity index is 2.21. The number of carbonyl (C=O) groups is 1. The summed E-state index contributed by atoms with van der Waals surface area (Å²) in [6.07, 6.45) is 3.81. The van der Waals surface area contributed by atoms with Crippen LogP contribution in [0.5, 0.6) is 0 Å². The van der Waals surface area contributed by atoms with E-state index in [1.54, 1.807) is 0 Å². The molecule has 70 valence electrons. The van der Waals surface area contributed by atoms with Crippen molar-refractivity contribution in [3.8, 4) is 0 Å². The Kier molecular flexibility index (Phi) is 3.49. The Labute approximate surface area is 72.1 Å². The van der Waals surface area contributed by atoms with Gasteiger partial charge in [0.25, 0.3) is 0 Å². The minimum Gasteiger partial charge on any atom is -0.387 e. The molecule has 1 aliphatic carbocycles. The summed E-state index contributed by atoms with van der Waals surface area (Å²) in [4.78, 5) is 10.8. The normalized spacial score (nSPS) is 29.8. The van der Waals surface area contributed by atoms with Gasteiger partial charge in [0, 0.05) is 12.1 Å². The van der Waals surface area contributed by atoms with E-state index in [1.165, 1.54) is 0 Å². The lowest BCUT2D eigenvalue weighted by molar-refractivity contribution is -0.124. The van der Waals surface area contributed by atoms with Crippen LogP contribution in [0.4, 0.5) is 0 Å². The summed E-state index contributed by atoms with van der Waals surface area (Å²) >= 11 is 0. The first-order valence-electron chi connectivity index (χ1n) is 4.38. The maximum atomic E-state index is 10.8. The Morgan fingerprint density at radius 2 is 2.00 bits per heavy atom. The summed E-state index contributed by atoms with van der Waals surface area (Å²) < 4.78 is 0. The van der Waals surface area contributed by atoms with E-state index in [2.05, 4.69) is 5.32 Å². The number of aliphatic hydroxyl groups excluding tert-OH is 1. The van der Waals surface area contributed by atoms with Crippen LogP contribution in [0.3, 0.4) is 0 Å². The molecule has 0 bridgehead atoms. The monoisotopic (exact) mass is 172 g/mol. The summed E-state index contributed by atoms with van der Waals surface area (Å²) in [6, 6.07) is 0.525. The molecule has 0 aliphatic heterocycles. The lowest BCUT2D eigenvalue weighted by Crippen LogP contribution is -2.41. The SMILES string of the molecule is N[C@H]1CC[C@H](NC(=O)CO)CC1. The van der Waals surface area contributed by atoms with E-state index >= 15 is 0 Å². The second kappa shape index (κ2) is 4.42. The van der Waals surface area contributed by atoms with Gasteiger partial charge in [-0.2, -0.15) is 0 Å². The van der Waals surface area contributed by atoms with E-state index in [0.29, 0.717) is 6.04 Å². The van der Waals surface area contributed by atoms with Crippen molar-refractivity contribution in [3.63, 3.8) is 0 Å². The molecule has 0 heterocycles. The van der Waals surface area contributed by atoms with Crippen LogP contribution in [0.15, 0.2) is 0 Å². The predicted octanol–water partition coefficient (Wildman–Crippen LogP) is -0.635. The number of amides is 1. The second-order valence-corrected chi connectivity index (χ2v) is 3.34. The van der Waals surface area contributed by atoms with Gasteiger partial charge >= 0.3 is 0 Å². The highest BCUT2D eigenvalue weighted by atomic mass is 16.3. The lowest BCUT2D eigenvalue weighted by atomic mass is 9.92. The van der Waals surface area contributed by atoms with Crippen molar-refractivity contribution in [2.24, 2.45) is 5.73 Å². The van der Waals surface area contributed by atoms with Crippen LogP contribution in [0.25, 0.3) is 0 Å². The average molecular weight is 172 g/mol. The molecule has 0 aromatic rings. The van der Waals surface area contributed by atoms with Crippen molar-refractivity contribution < 1.29 is 9.90 Å². The van der Waals surface area contributed by atoms with Gasteiger partial charge in [0.15, 0.2) is 0 Å². The first kappa shape index (κ1) is 9.48. The number of carbonyl (C=O) groups excluding carboxylic acids is 1. The van der Waals surface area contributed by atoms with Gasteiger partial charge in [-0.15, -0.1) is 0 Å². The Bertz CT molecular complexity index is 153. The molecule has 1 amide bonds. The van der Waals surface area contributed by atoms with Crippen LogP contribution >= 0.6 is 0 Å². The van der Waals surface area contributed by atoms with Crippen LogP contribution in [0.2, 0.25) is 0 Å². The van der Waals surface area contributed by atoms with Gasteiger partial charge in [-0.3, -0.25) is 4.79 Å². The van der Waals surface area contributed by atoms with Crippen molar-refractivity contribution in [2.45, 2.75) is 37.8 Å². The Morgan fingerprint density at radius 3 is 2.50 bits per heavy atom. The zero-order valence-corrected chi connectivity index (χ0v) is 7.12. The van der Waals surface area contributed by atoms with Gasteiger partial charge in [-0.25, -0.2) is 0 Å². The Hall–Kier alpha value is -0.610. The number of hydrogen-bond acceptors (Lipinski definition) is 3. The smallest absolute Gasteiger partial charge is 0.245 e. The van der Waals surface area contributed by atoms with Gasteiger partial charge in [0.1, 0.15) is 6.61 Å². The van der Waals surface area contributed by atoms with Crippen LogP contribution in [-0.4, -0.2) is 29.7 Å². The van der Waals surface area contributed by atoms with Crippen molar-refractivity contribution >= 4 is 5.91 Å². The lowest BCUT2D eigenvalue weighted by Gasteiger charge is -2.26. The minimum atomic E-state index is -0.414. The average Bonchev–Trinajstić information content (AvgIpc) is 2.09. The first-order chi connectivity index (χ1) is 5.72. The molecular weight excluding hydrogens is 156 g/mol. The van der Waals surface area contributed by atoms with Gasteiger partial charge < -0.3 is 16.2 Å². The van der Waals surface area contributed by atoms with E-state index in [0.717, 1.165) is 25.7 Å². The van der Waals surface area contributed by atoms with Crippen LogP contribution in [0.1, 0.15) is 25.7 Å². The molecule has 1 saturated carbocycles. The third kappa shape index (κ3) is 2.79. The molecule has 0 radical (unpaired) electrons. The van der Waals surface area contributed by atoms with Crippen molar-refractivity contribution in [3.05, 3.63) is 0 Å². The number of nitrogens with one attached hydrogen (secondary N) is 1. The highest BCUT2D eigenvalue weighted by Gasteiger charge is 2.19. The van der Waals surface area contributed by atoms with Gasteiger partial charge in [0.05, 0.1) is 0 Å². The topological polar surface area (TPSA) is 75.3 Å². The molecule has 4 heteroatoms. The standard InChI is InChI=1S/C8H16N2O2/c9-6-1-3-7(4-2-6)10-8(12)5-11/h6-7,11H,1-5,9H2,(H,10,12)/t6-,7-. The largest absolute Gasteiger partial charge is 0.387 e. The summed E-state index contributed by atoms with van der Waals surface area (Å²) in [7, 11) is 0. The predicted molar refractivity (Wildman–Crippen MR) is 45.5 cm³/mol. The first-order valence-corrected chi connectivity index (χ1v) is 4.38. The molecule has 0 atom stereocenters. The molecule has 0 aromatic heterocycles. The summed E-state index contributed by atoms with van der Waals surface area (Å²) in [6.45, 7) is -0.414. The summed E-state index contributed by atoms with van der Waals surface area (Å²) in [5.74, 6) is -0.282. The van der Waals surface area contributed by atoms with Crippen LogP contribution < -0.4 is 11.1 Å². The third-order valence-corrected chi connectivity index (χ3v) is 2.28. The highest BCUT2D eigenvalue weighted by Crippen LogP contribution is 2.16. The fourth-order valence-electron chi connectivity index (χ4n) is 1.54. The molecule has 1 rings (SSSR count). The quantitative estimate of drug-likeness (QED) is 0.519. The van der Waals surface area contributed by atoms with E-state index in [1.807, 2.05) is 0 Å². The van der Waals surface area contributed by atoms with Gasteiger partial charge in [-0.1, -0.05) is 0 Å². The van der Waals surface area contributed by atoms with E-state index in [-0.39, 0.29) is 11.9 Å². The third-order valence-electron chi connectivity index (χ3n) is 2.28. The zero-order chi connectivity index (χ0) is 8.97. The molecule has 0 spiro atoms. The highest BCUT2D eigenvalue weighted by molar-refractivity contribution is 5.77. The minimum absolute atomic E-state index is 0.226. The number of aliphatic hydroxyl groups is 1. The maximum absolute atomic E-state index is 10.8. The van der Waals surface area contributed by atoms with E-state index in [9.17, 15) is 4.79 Å². The molecule has 0 aromatic carbocycles.